The van der Waals surface area contributed by atoms with Crippen molar-refractivity contribution in [3.63, 3.8) is 0 Å². The molecule has 0 amide bonds. The average Bonchev–Trinajstić information content (AvgIpc) is 2.47. The fraction of sp³-hybridized carbons (Fsp3) is 0.235. The van der Waals surface area contributed by atoms with Crippen LogP contribution in [0.3, 0.4) is 0 Å². The largest absolute Gasteiger partial charge is 0.485 e. The Morgan fingerprint density at radius 2 is 2.05 bits per heavy atom. The molecule has 0 radical (unpaired) electrons. The molecule has 0 saturated heterocycles. The molecule has 2 aromatic rings. The quantitative estimate of drug-likeness (QED) is 0.663. The fourth-order valence-electron chi connectivity index (χ4n) is 2.80. The second kappa shape index (κ2) is 5.78. The van der Waals surface area contributed by atoms with E-state index in [4.69, 9.17) is 27.5 Å². The summed E-state index contributed by atoms with van der Waals surface area (Å²) in [6, 6.07) is 13.5. The molecule has 4 heteroatoms. The Hall–Kier alpha value is -2.00. The Balaban J connectivity index is 1.95. The van der Waals surface area contributed by atoms with Gasteiger partial charge < -0.3 is 10.5 Å². The summed E-state index contributed by atoms with van der Waals surface area (Å²) in [5.74, 6) is 0.572. The van der Waals surface area contributed by atoms with Gasteiger partial charge in [-0.1, -0.05) is 35.9 Å². The average molecular weight is 301 g/mol. The van der Waals surface area contributed by atoms with Crippen LogP contribution in [-0.4, -0.2) is 5.84 Å². The highest BCUT2D eigenvalue weighted by molar-refractivity contribution is 6.30. The van der Waals surface area contributed by atoms with Gasteiger partial charge in [-0.2, -0.15) is 0 Å². The number of benzene rings is 2. The van der Waals surface area contributed by atoms with Crippen molar-refractivity contribution in [3.05, 3.63) is 64.2 Å². The summed E-state index contributed by atoms with van der Waals surface area (Å²) in [5.41, 5.74) is 8.76. The highest BCUT2D eigenvalue weighted by atomic mass is 35.5. The second-order valence-electron chi connectivity index (χ2n) is 5.25. The molecule has 3 N–H and O–H groups in total. The van der Waals surface area contributed by atoms with Crippen molar-refractivity contribution in [1.29, 1.82) is 5.41 Å². The number of ether oxygens (including phenoxy) is 1. The summed E-state index contributed by atoms with van der Waals surface area (Å²) in [4.78, 5) is 0. The maximum Gasteiger partial charge on any atom is 0.132 e. The second-order valence-corrected chi connectivity index (χ2v) is 5.69. The number of nitrogen functional groups attached to an aromatic ring is 1. The third kappa shape index (κ3) is 2.88. The molecular weight excluding hydrogens is 284 g/mol. The Morgan fingerprint density at radius 3 is 2.86 bits per heavy atom. The van der Waals surface area contributed by atoms with Gasteiger partial charge in [0.15, 0.2) is 0 Å². The van der Waals surface area contributed by atoms with E-state index in [1.54, 1.807) is 18.2 Å². The zero-order valence-electron chi connectivity index (χ0n) is 11.6. The van der Waals surface area contributed by atoms with E-state index in [9.17, 15) is 0 Å². The van der Waals surface area contributed by atoms with Crippen LogP contribution in [0.1, 0.15) is 35.6 Å². The SMILES string of the molecule is N=C(N)c1ccc(Cl)cc1OC1CCCc2ccccc21. The molecule has 3 nitrogen and oxygen atoms in total. The van der Waals surface area contributed by atoms with Crippen LogP contribution in [0.25, 0.3) is 0 Å². The highest BCUT2D eigenvalue weighted by Gasteiger charge is 2.22. The normalized spacial score (nSPS) is 17.1. The molecule has 21 heavy (non-hydrogen) atoms. The minimum absolute atomic E-state index is 0.00785. The Labute approximate surface area is 129 Å². The van der Waals surface area contributed by atoms with E-state index in [1.165, 1.54) is 11.1 Å². The summed E-state index contributed by atoms with van der Waals surface area (Å²) in [6.07, 6.45) is 3.13. The number of rotatable bonds is 3. The number of halogens is 1. The lowest BCUT2D eigenvalue weighted by atomic mass is 9.89. The Morgan fingerprint density at radius 1 is 1.24 bits per heavy atom. The first-order chi connectivity index (χ1) is 10.1. The molecule has 0 saturated carbocycles. The first-order valence-electron chi connectivity index (χ1n) is 7.03. The van der Waals surface area contributed by atoms with Crippen LogP contribution in [0.2, 0.25) is 5.02 Å². The van der Waals surface area contributed by atoms with Crippen molar-refractivity contribution < 1.29 is 4.74 Å². The van der Waals surface area contributed by atoms with Crippen molar-refractivity contribution in [2.24, 2.45) is 5.73 Å². The predicted molar refractivity (Wildman–Crippen MR) is 85.2 cm³/mol. The standard InChI is InChI=1S/C17H17ClN2O/c18-12-8-9-14(17(19)20)16(10-12)21-15-7-3-5-11-4-1-2-6-13(11)15/h1-2,4,6,8-10,15H,3,5,7H2,(H3,19,20). The summed E-state index contributed by atoms with van der Waals surface area (Å²) < 4.78 is 6.15. The molecule has 0 spiro atoms. The molecule has 0 aromatic heterocycles. The van der Waals surface area contributed by atoms with E-state index in [0.717, 1.165) is 19.3 Å². The first-order valence-corrected chi connectivity index (χ1v) is 7.41. The Bertz CT molecular complexity index is 684. The molecule has 0 aliphatic heterocycles. The van der Waals surface area contributed by atoms with Crippen molar-refractivity contribution in [2.75, 3.05) is 0 Å². The number of nitrogens with one attached hydrogen (secondary N) is 1. The highest BCUT2D eigenvalue weighted by Crippen LogP contribution is 2.35. The van der Waals surface area contributed by atoms with Gasteiger partial charge >= 0.3 is 0 Å². The predicted octanol–water partition coefficient (Wildman–Crippen LogP) is 4.08. The van der Waals surface area contributed by atoms with Crippen LogP contribution in [0.5, 0.6) is 5.75 Å². The van der Waals surface area contributed by atoms with Crippen molar-refractivity contribution in [3.8, 4) is 5.75 Å². The smallest absolute Gasteiger partial charge is 0.132 e. The van der Waals surface area contributed by atoms with E-state index in [2.05, 4.69) is 18.2 Å². The molecule has 0 heterocycles. The zero-order valence-corrected chi connectivity index (χ0v) is 12.4. The van der Waals surface area contributed by atoms with E-state index in [0.29, 0.717) is 16.3 Å². The zero-order chi connectivity index (χ0) is 14.8. The van der Waals surface area contributed by atoms with Crippen LogP contribution in [-0.2, 0) is 6.42 Å². The summed E-state index contributed by atoms with van der Waals surface area (Å²) in [7, 11) is 0. The molecular formula is C17H17ClN2O. The van der Waals surface area contributed by atoms with Gasteiger partial charge in [0, 0.05) is 5.02 Å². The number of fused-ring (bicyclic) bond motifs is 1. The van der Waals surface area contributed by atoms with Gasteiger partial charge in [-0.25, -0.2) is 0 Å². The fourth-order valence-corrected chi connectivity index (χ4v) is 2.96. The maximum atomic E-state index is 7.66. The molecule has 3 rings (SSSR count). The third-order valence-corrected chi connectivity index (χ3v) is 4.05. The lowest BCUT2D eigenvalue weighted by molar-refractivity contribution is 0.183. The van der Waals surface area contributed by atoms with Crippen molar-refractivity contribution >= 4 is 17.4 Å². The van der Waals surface area contributed by atoms with E-state index in [1.807, 2.05) is 6.07 Å². The van der Waals surface area contributed by atoms with Crippen LogP contribution in [0.15, 0.2) is 42.5 Å². The number of aryl methyl sites for hydroxylation is 1. The first kappa shape index (κ1) is 14.0. The van der Waals surface area contributed by atoms with E-state index < -0.39 is 0 Å². The third-order valence-electron chi connectivity index (χ3n) is 3.82. The van der Waals surface area contributed by atoms with Gasteiger partial charge in [-0.3, -0.25) is 5.41 Å². The van der Waals surface area contributed by atoms with Gasteiger partial charge in [0.1, 0.15) is 17.7 Å². The van der Waals surface area contributed by atoms with Gasteiger partial charge in [-0.15, -0.1) is 0 Å². The minimum atomic E-state index is -0.00855. The summed E-state index contributed by atoms with van der Waals surface area (Å²) >= 11 is 6.05. The molecule has 1 aliphatic rings. The van der Waals surface area contributed by atoms with Crippen molar-refractivity contribution in [1.82, 2.24) is 0 Å². The number of nitrogens with two attached hydrogens (primary N) is 1. The lowest BCUT2D eigenvalue weighted by Crippen LogP contribution is -2.18. The summed E-state index contributed by atoms with van der Waals surface area (Å²) in [5, 5.41) is 8.25. The van der Waals surface area contributed by atoms with Gasteiger partial charge in [-0.05, 0) is 48.6 Å². The molecule has 108 valence electrons. The molecule has 0 bridgehead atoms. The number of hydrogen-bond donors (Lipinski definition) is 2. The monoisotopic (exact) mass is 300 g/mol. The number of amidine groups is 1. The van der Waals surface area contributed by atoms with Crippen LogP contribution in [0.4, 0.5) is 0 Å². The van der Waals surface area contributed by atoms with Crippen molar-refractivity contribution in [2.45, 2.75) is 25.4 Å². The maximum absolute atomic E-state index is 7.66. The van der Waals surface area contributed by atoms with Gasteiger partial charge in [0.25, 0.3) is 0 Å². The molecule has 1 unspecified atom stereocenters. The van der Waals surface area contributed by atoms with Gasteiger partial charge in [0.2, 0.25) is 0 Å². The van der Waals surface area contributed by atoms with E-state index in [-0.39, 0.29) is 11.9 Å². The molecule has 1 aliphatic carbocycles. The van der Waals surface area contributed by atoms with E-state index >= 15 is 0 Å². The molecule has 0 fully saturated rings. The molecule has 1 atom stereocenters. The van der Waals surface area contributed by atoms with Crippen LogP contribution < -0.4 is 10.5 Å². The number of hydrogen-bond acceptors (Lipinski definition) is 2. The topological polar surface area (TPSA) is 59.1 Å². The van der Waals surface area contributed by atoms with Crippen LogP contribution in [0, 0.1) is 5.41 Å². The van der Waals surface area contributed by atoms with Gasteiger partial charge in [0.05, 0.1) is 5.56 Å². The van der Waals surface area contributed by atoms with Crippen LogP contribution >= 0.6 is 11.6 Å². The minimum Gasteiger partial charge on any atom is -0.485 e. The summed E-state index contributed by atoms with van der Waals surface area (Å²) in [6.45, 7) is 0. The molecule has 2 aromatic carbocycles. The lowest BCUT2D eigenvalue weighted by Gasteiger charge is -2.27. The Kier molecular flexibility index (Phi) is 3.84.